The number of aromatic nitrogens is 1. The van der Waals surface area contributed by atoms with Crippen molar-refractivity contribution in [1.82, 2.24) is 9.29 Å². The van der Waals surface area contributed by atoms with Gasteiger partial charge in [0.15, 0.2) is 0 Å². The molecule has 1 aromatic heterocycles. The van der Waals surface area contributed by atoms with Crippen LogP contribution < -0.4 is 5.43 Å². The Morgan fingerprint density at radius 1 is 1.09 bits per heavy atom. The summed E-state index contributed by atoms with van der Waals surface area (Å²) in [4.78, 5) is 4.89. The van der Waals surface area contributed by atoms with E-state index < -0.39 is 10.0 Å². The number of nitrogens with zero attached hydrogens (tertiary/aromatic N) is 3. The number of nitrogens with one attached hydrogen (secondary N) is 1. The highest BCUT2D eigenvalue weighted by Gasteiger charge is 2.26. The summed E-state index contributed by atoms with van der Waals surface area (Å²) in [5, 5.41) is 6.84. The third-order valence-electron chi connectivity index (χ3n) is 5.56. The van der Waals surface area contributed by atoms with Gasteiger partial charge in [-0.2, -0.15) is 9.41 Å². The van der Waals surface area contributed by atoms with E-state index in [2.05, 4.69) is 41.5 Å². The maximum absolute atomic E-state index is 13.0. The highest BCUT2D eigenvalue weighted by atomic mass is 32.2. The van der Waals surface area contributed by atoms with Gasteiger partial charge >= 0.3 is 0 Å². The van der Waals surface area contributed by atoms with Crippen molar-refractivity contribution in [1.29, 1.82) is 0 Å². The highest BCUT2D eigenvalue weighted by molar-refractivity contribution is 7.89. The Labute approximate surface area is 194 Å². The molecule has 168 valence electrons. The molecule has 2 aromatic carbocycles. The summed E-state index contributed by atoms with van der Waals surface area (Å²) in [6, 6.07) is 15.3. The first-order valence-corrected chi connectivity index (χ1v) is 13.2. The summed E-state index contributed by atoms with van der Waals surface area (Å²) >= 11 is 1.43. The van der Waals surface area contributed by atoms with E-state index in [0.29, 0.717) is 29.0 Å². The minimum absolute atomic E-state index is 0.322. The number of hydrogen-bond acceptors (Lipinski definition) is 6. The van der Waals surface area contributed by atoms with Crippen LogP contribution in [0.3, 0.4) is 0 Å². The van der Waals surface area contributed by atoms with Crippen molar-refractivity contribution in [2.24, 2.45) is 5.10 Å². The molecular formula is C24H28N4O2S2. The largest absolute Gasteiger partial charge is 0.253 e. The molecule has 32 heavy (non-hydrogen) atoms. The molecule has 1 saturated heterocycles. The summed E-state index contributed by atoms with van der Waals surface area (Å²) in [6.45, 7) is 5.53. The zero-order valence-corrected chi connectivity index (χ0v) is 20.0. The molecule has 1 aliphatic heterocycles. The minimum Gasteiger partial charge on any atom is -0.253 e. The Hall–Kier alpha value is -2.55. The van der Waals surface area contributed by atoms with Crippen LogP contribution in [0.15, 0.2) is 63.9 Å². The minimum atomic E-state index is -3.47. The molecule has 0 amide bonds. The molecule has 0 atom stereocenters. The second-order valence-corrected chi connectivity index (χ2v) is 11.0. The van der Waals surface area contributed by atoms with E-state index in [1.54, 1.807) is 28.7 Å². The van der Waals surface area contributed by atoms with Crippen molar-refractivity contribution in [2.45, 2.75) is 43.9 Å². The first-order valence-electron chi connectivity index (χ1n) is 10.9. The average molecular weight is 469 g/mol. The van der Waals surface area contributed by atoms with Gasteiger partial charge in [-0.15, -0.1) is 11.3 Å². The molecule has 1 fully saturated rings. The SMILES string of the molecule is CC(C)c1ccc(/C=N/Nc2nc(-c3cccc(S(=O)(=O)N4CCCCC4)c3)cs2)cc1. The zero-order valence-electron chi connectivity index (χ0n) is 18.4. The van der Waals surface area contributed by atoms with E-state index in [0.717, 1.165) is 36.1 Å². The molecule has 6 nitrogen and oxygen atoms in total. The lowest BCUT2D eigenvalue weighted by Gasteiger charge is -2.26. The van der Waals surface area contributed by atoms with Gasteiger partial charge in [-0.3, -0.25) is 5.43 Å². The third kappa shape index (κ3) is 5.26. The van der Waals surface area contributed by atoms with Crippen molar-refractivity contribution in [3.05, 3.63) is 65.0 Å². The number of anilines is 1. The van der Waals surface area contributed by atoms with Gasteiger partial charge in [-0.1, -0.05) is 56.7 Å². The topological polar surface area (TPSA) is 74.7 Å². The number of rotatable bonds is 7. The molecule has 0 saturated carbocycles. The van der Waals surface area contributed by atoms with Crippen LogP contribution in [0.2, 0.25) is 0 Å². The van der Waals surface area contributed by atoms with E-state index in [-0.39, 0.29) is 0 Å². The van der Waals surface area contributed by atoms with Gasteiger partial charge in [0.2, 0.25) is 15.2 Å². The highest BCUT2D eigenvalue weighted by Crippen LogP contribution is 2.28. The van der Waals surface area contributed by atoms with Crippen LogP contribution in [0, 0.1) is 0 Å². The summed E-state index contributed by atoms with van der Waals surface area (Å²) in [5.41, 5.74) is 6.78. The van der Waals surface area contributed by atoms with Crippen molar-refractivity contribution in [2.75, 3.05) is 18.5 Å². The van der Waals surface area contributed by atoms with Gasteiger partial charge in [-0.05, 0) is 42.0 Å². The first-order chi connectivity index (χ1) is 15.4. The van der Waals surface area contributed by atoms with Gasteiger partial charge in [0.1, 0.15) is 0 Å². The van der Waals surface area contributed by atoms with E-state index in [1.165, 1.54) is 16.9 Å². The molecule has 0 spiro atoms. The molecule has 0 unspecified atom stereocenters. The van der Waals surface area contributed by atoms with Crippen LogP contribution in [0.25, 0.3) is 11.3 Å². The fourth-order valence-corrected chi connectivity index (χ4v) is 5.89. The van der Waals surface area contributed by atoms with Crippen molar-refractivity contribution in [3.63, 3.8) is 0 Å². The van der Waals surface area contributed by atoms with E-state index >= 15 is 0 Å². The van der Waals surface area contributed by atoms with Crippen LogP contribution in [-0.2, 0) is 10.0 Å². The number of sulfonamides is 1. The normalized spacial score (nSPS) is 15.5. The Balaban J connectivity index is 1.45. The molecule has 0 radical (unpaired) electrons. The van der Waals surface area contributed by atoms with E-state index in [4.69, 9.17) is 0 Å². The van der Waals surface area contributed by atoms with Crippen LogP contribution in [0.1, 0.15) is 50.2 Å². The van der Waals surface area contributed by atoms with Crippen LogP contribution in [-0.4, -0.2) is 37.0 Å². The summed E-state index contributed by atoms with van der Waals surface area (Å²) in [5.74, 6) is 0.501. The Kier molecular flexibility index (Phi) is 7.03. The van der Waals surface area contributed by atoms with Crippen LogP contribution >= 0.6 is 11.3 Å². The van der Waals surface area contributed by atoms with Gasteiger partial charge in [0.05, 0.1) is 16.8 Å². The number of benzene rings is 2. The van der Waals surface area contributed by atoms with E-state index in [1.807, 2.05) is 23.6 Å². The first kappa shape index (κ1) is 22.6. The summed E-state index contributed by atoms with van der Waals surface area (Å²) < 4.78 is 27.6. The summed E-state index contributed by atoms with van der Waals surface area (Å²) in [6.07, 6.45) is 4.69. The standard InChI is InChI=1S/C24H28N4O2S2/c1-18(2)20-11-9-19(10-12-20)16-25-27-24-26-23(17-31-24)21-7-6-8-22(15-21)32(29,30)28-13-4-3-5-14-28/h6-12,15-18H,3-5,13-14H2,1-2H3,(H,26,27)/b25-16+. The predicted octanol–water partition coefficient (Wildman–Crippen LogP) is 5.55. The van der Waals surface area contributed by atoms with Gasteiger partial charge in [0, 0.05) is 24.0 Å². The molecule has 3 aromatic rings. The van der Waals surface area contributed by atoms with Gasteiger partial charge in [-0.25, -0.2) is 13.4 Å². The lowest BCUT2D eigenvalue weighted by molar-refractivity contribution is 0.346. The maximum Gasteiger partial charge on any atom is 0.243 e. The van der Waals surface area contributed by atoms with Crippen LogP contribution in [0.4, 0.5) is 5.13 Å². The predicted molar refractivity (Wildman–Crippen MR) is 132 cm³/mol. The average Bonchev–Trinajstić information content (AvgIpc) is 3.29. The fourth-order valence-electron chi connectivity index (χ4n) is 3.66. The maximum atomic E-state index is 13.0. The lowest BCUT2D eigenvalue weighted by atomic mass is 10.0. The van der Waals surface area contributed by atoms with E-state index in [9.17, 15) is 8.42 Å². The lowest BCUT2D eigenvalue weighted by Crippen LogP contribution is -2.35. The second-order valence-electron chi connectivity index (χ2n) is 8.22. The molecule has 0 aliphatic carbocycles. The molecule has 1 aliphatic rings. The Morgan fingerprint density at radius 3 is 2.56 bits per heavy atom. The summed E-state index contributed by atoms with van der Waals surface area (Å²) in [7, 11) is -3.47. The zero-order chi connectivity index (χ0) is 22.6. The molecular weight excluding hydrogens is 440 g/mol. The molecule has 0 bridgehead atoms. The smallest absolute Gasteiger partial charge is 0.243 e. The van der Waals surface area contributed by atoms with Crippen molar-refractivity contribution >= 4 is 32.7 Å². The fraction of sp³-hybridized carbons (Fsp3) is 0.333. The Morgan fingerprint density at radius 2 is 1.84 bits per heavy atom. The molecule has 4 rings (SSSR count). The quantitative estimate of drug-likeness (QED) is 0.364. The third-order valence-corrected chi connectivity index (χ3v) is 8.21. The number of piperidine rings is 1. The molecule has 1 N–H and O–H groups in total. The number of hydrogen-bond donors (Lipinski definition) is 1. The number of thiazole rings is 1. The van der Waals surface area contributed by atoms with Gasteiger partial charge < -0.3 is 0 Å². The molecule has 8 heteroatoms. The molecule has 2 heterocycles. The second kappa shape index (κ2) is 9.94. The Bertz CT molecular complexity index is 1180. The van der Waals surface area contributed by atoms with Crippen LogP contribution in [0.5, 0.6) is 0 Å². The van der Waals surface area contributed by atoms with Gasteiger partial charge in [0.25, 0.3) is 0 Å². The monoisotopic (exact) mass is 468 g/mol. The number of hydrazone groups is 1. The van der Waals surface area contributed by atoms with Crippen molar-refractivity contribution in [3.8, 4) is 11.3 Å². The van der Waals surface area contributed by atoms with Crippen molar-refractivity contribution < 1.29 is 8.42 Å².